The largest absolute Gasteiger partial charge is 0.491 e. The third kappa shape index (κ3) is 6.07. The molecule has 0 amide bonds. The van der Waals surface area contributed by atoms with Gasteiger partial charge in [-0.3, -0.25) is 9.59 Å². The van der Waals surface area contributed by atoms with Crippen molar-refractivity contribution in [3.63, 3.8) is 0 Å². The lowest BCUT2D eigenvalue weighted by atomic mass is 10.0. The fourth-order valence-electron chi connectivity index (χ4n) is 2.90. The Balaban J connectivity index is 2.80. The molecule has 0 unspecified atom stereocenters. The number of rotatable bonds is 14. The van der Waals surface area contributed by atoms with Gasteiger partial charge in [0.05, 0.1) is 14.2 Å². The smallest absolute Gasteiger partial charge is 0.249 e. The maximum Gasteiger partial charge on any atom is 0.249 e. The first-order valence-electron chi connectivity index (χ1n) is 9.75. The molecular weight excluding hydrogens is 332 g/mol. The normalized spacial score (nSPS) is 14.8. The predicted octanol–water partition coefficient (Wildman–Crippen LogP) is 3.19. The van der Waals surface area contributed by atoms with Gasteiger partial charge in [-0.15, -0.1) is 0 Å². The van der Waals surface area contributed by atoms with Gasteiger partial charge in [0.1, 0.15) is 11.4 Å². The molecule has 0 atom stereocenters. The molecule has 0 aromatic carbocycles. The summed E-state index contributed by atoms with van der Waals surface area (Å²) in [5.74, 6) is -0.560. The summed E-state index contributed by atoms with van der Waals surface area (Å²) in [6, 6.07) is 0. The Bertz CT molecular complexity index is 490. The molecule has 0 fully saturated rings. The number of hydrogen-bond donors (Lipinski definition) is 2. The minimum atomic E-state index is -0.338. The number of methoxy groups -OCH3 is 2. The molecule has 148 valence electrons. The summed E-state index contributed by atoms with van der Waals surface area (Å²) < 4.78 is 10.5. The second-order valence-corrected chi connectivity index (χ2v) is 6.45. The highest BCUT2D eigenvalue weighted by atomic mass is 16.5. The third-order valence-corrected chi connectivity index (χ3v) is 4.39. The first kappa shape index (κ1) is 22.1. The Morgan fingerprint density at radius 3 is 1.35 bits per heavy atom. The van der Waals surface area contributed by atoms with E-state index in [1.165, 1.54) is 14.2 Å². The summed E-state index contributed by atoms with van der Waals surface area (Å²) >= 11 is 0. The number of hydrogen-bond acceptors (Lipinski definition) is 6. The van der Waals surface area contributed by atoms with Crippen molar-refractivity contribution < 1.29 is 19.1 Å². The van der Waals surface area contributed by atoms with E-state index in [9.17, 15) is 9.59 Å². The van der Waals surface area contributed by atoms with Crippen LogP contribution in [-0.2, 0) is 19.1 Å². The maximum absolute atomic E-state index is 12.8. The number of ketones is 2. The highest BCUT2D eigenvalue weighted by Gasteiger charge is 2.36. The van der Waals surface area contributed by atoms with Crippen LogP contribution in [0, 0.1) is 0 Å². The molecule has 0 aliphatic heterocycles. The van der Waals surface area contributed by atoms with E-state index < -0.39 is 0 Å². The van der Waals surface area contributed by atoms with Crippen molar-refractivity contribution in [1.82, 2.24) is 10.6 Å². The topological polar surface area (TPSA) is 76.7 Å². The second-order valence-electron chi connectivity index (χ2n) is 6.45. The molecule has 0 saturated heterocycles. The van der Waals surface area contributed by atoms with Gasteiger partial charge in [0.15, 0.2) is 11.5 Å². The summed E-state index contributed by atoms with van der Waals surface area (Å²) in [6.45, 7) is 5.54. The van der Waals surface area contributed by atoms with E-state index in [1.807, 2.05) is 0 Å². The van der Waals surface area contributed by atoms with Crippen LogP contribution in [0.5, 0.6) is 0 Å². The Morgan fingerprint density at radius 2 is 1.04 bits per heavy atom. The number of carbonyl (C=O) groups excluding carboxylic acids is 2. The number of ether oxygens (including phenoxy) is 2. The van der Waals surface area contributed by atoms with Gasteiger partial charge >= 0.3 is 0 Å². The van der Waals surface area contributed by atoms with Crippen LogP contribution in [0.1, 0.15) is 65.2 Å². The third-order valence-electron chi connectivity index (χ3n) is 4.39. The Kier molecular flexibility index (Phi) is 10.5. The quantitative estimate of drug-likeness (QED) is 0.363. The molecule has 0 aromatic rings. The fraction of sp³-hybridized carbons (Fsp3) is 0.700. The molecule has 2 N–H and O–H groups in total. The molecule has 6 heteroatoms. The number of carbonyl (C=O) groups is 2. The molecule has 0 bridgehead atoms. The average molecular weight is 367 g/mol. The van der Waals surface area contributed by atoms with E-state index in [-0.39, 0.29) is 34.5 Å². The van der Waals surface area contributed by atoms with Crippen LogP contribution in [0.25, 0.3) is 0 Å². The van der Waals surface area contributed by atoms with E-state index in [1.54, 1.807) is 0 Å². The number of unbranched alkanes of at least 4 members (excludes halogenated alkanes) is 6. The van der Waals surface area contributed by atoms with Crippen molar-refractivity contribution in [3.8, 4) is 0 Å². The highest BCUT2D eigenvalue weighted by Crippen LogP contribution is 2.23. The Morgan fingerprint density at radius 1 is 0.654 bits per heavy atom. The summed E-state index contributed by atoms with van der Waals surface area (Å²) in [5, 5.41) is 6.15. The minimum absolute atomic E-state index is 0.0577. The van der Waals surface area contributed by atoms with Crippen LogP contribution in [-0.4, -0.2) is 38.9 Å². The zero-order valence-electron chi connectivity index (χ0n) is 16.7. The summed E-state index contributed by atoms with van der Waals surface area (Å²) in [4.78, 5) is 25.5. The number of Topliss-reactive ketones (excluding diaryl/α,β-unsaturated/α-hetero) is 2. The standard InChI is InChI=1S/C20H34N2O4/c1-5-7-9-11-13-21-15-17(23)20(26-4)16(18(24)19(15)25-3)22-14-12-10-8-6-2/h21-22H,5-14H2,1-4H3. The van der Waals surface area contributed by atoms with Crippen molar-refractivity contribution in [1.29, 1.82) is 0 Å². The minimum Gasteiger partial charge on any atom is -0.491 e. The lowest BCUT2D eigenvalue weighted by Crippen LogP contribution is -2.37. The first-order valence-corrected chi connectivity index (χ1v) is 9.75. The first-order chi connectivity index (χ1) is 12.6. The second kappa shape index (κ2) is 12.4. The molecule has 26 heavy (non-hydrogen) atoms. The van der Waals surface area contributed by atoms with Crippen molar-refractivity contribution >= 4 is 11.6 Å². The van der Waals surface area contributed by atoms with Crippen LogP contribution >= 0.6 is 0 Å². The average Bonchev–Trinajstić information content (AvgIpc) is 2.64. The fourth-order valence-corrected chi connectivity index (χ4v) is 2.90. The van der Waals surface area contributed by atoms with Crippen LogP contribution in [0.3, 0.4) is 0 Å². The lowest BCUT2D eigenvalue weighted by molar-refractivity contribution is -0.121. The number of nitrogens with one attached hydrogen (secondary N) is 2. The van der Waals surface area contributed by atoms with Gasteiger partial charge in [-0.05, 0) is 12.8 Å². The summed E-state index contributed by atoms with van der Waals surface area (Å²) in [5.41, 5.74) is 0.393. The van der Waals surface area contributed by atoms with E-state index in [0.717, 1.165) is 51.4 Å². The molecule has 0 radical (unpaired) electrons. The van der Waals surface area contributed by atoms with E-state index in [4.69, 9.17) is 9.47 Å². The van der Waals surface area contributed by atoms with Crippen molar-refractivity contribution in [3.05, 3.63) is 22.9 Å². The van der Waals surface area contributed by atoms with Gasteiger partial charge in [0.2, 0.25) is 11.6 Å². The SMILES string of the molecule is CCCCCCNC1=C(OC)C(=O)C(NCCCCCC)=C(OC)C1=O. The predicted molar refractivity (Wildman–Crippen MR) is 102 cm³/mol. The highest BCUT2D eigenvalue weighted by molar-refractivity contribution is 6.23. The monoisotopic (exact) mass is 366 g/mol. The molecule has 1 aliphatic carbocycles. The van der Waals surface area contributed by atoms with E-state index in [0.29, 0.717) is 13.1 Å². The molecule has 0 aromatic heterocycles. The Labute approximate surface area is 157 Å². The van der Waals surface area contributed by atoms with Gasteiger partial charge in [0.25, 0.3) is 0 Å². The maximum atomic E-state index is 12.8. The Hall–Kier alpha value is -1.98. The molecule has 0 saturated carbocycles. The van der Waals surface area contributed by atoms with Gasteiger partial charge in [0, 0.05) is 13.1 Å². The summed E-state index contributed by atoms with van der Waals surface area (Å²) in [6.07, 6.45) is 8.63. The van der Waals surface area contributed by atoms with Crippen LogP contribution < -0.4 is 10.6 Å². The molecular formula is C20H34N2O4. The van der Waals surface area contributed by atoms with Gasteiger partial charge in [-0.1, -0.05) is 52.4 Å². The molecule has 6 nitrogen and oxygen atoms in total. The summed E-state index contributed by atoms with van der Waals surface area (Å²) in [7, 11) is 2.83. The molecule has 0 spiro atoms. The van der Waals surface area contributed by atoms with Gasteiger partial charge in [-0.2, -0.15) is 0 Å². The van der Waals surface area contributed by atoms with Gasteiger partial charge in [-0.25, -0.2) is 0 Å². The van der Waals surface area contributed by atoms with E-state index in [2.05, 4.69) is 24.5 Å². The van der Waals surface area contributed by atoms with Gasteiger partial charge < -0.3 is 20.1 Å². The van der Waals surface area contributed by atoms with Crippen LogP contribution in [0.15, 0.2) is 22.9 Å². The molecule has 0 heterocycles. The zero-order chi connectivity index (χ0) is 19.4. The van der Waals surface area contributed by atoms with Crippen molar-refractivity contribution in [2.24, 2.45) is 0 Å². The molecule has 1 aliphatic rings. The zero-order valence-corrected chi connectivity index (χ0v) is 16.7. The van der Waals surface area contributed by atoms with Crippen LogP contribution in [0.2, 0.25) is 0 Å². The lowest BCUT2D eigenvalue weighted by Gasteiger charge is -2.23. The van der Waals surface area contributed by atoms with Crippen molar-refractivity contribution in [2.75, 3.05) is 27.3 Å². The molecule has 1 rings (SSSR count). The van der Waals surface area contributed by atoms with Crippen molar-refractivity contribution in [2.45, 2.75) is 65.2 Å². The van der Waals surface area contributed by atoms with E-state index >= 15 is 0 Å². The van der Waals surface area contributed by atoms with Crippen LogP contribution in [0.4, 0.5) is 0 Å².